The third-order valence-corrected chi connectivity index (χ3v) is 6.49. The number of carbonyl (C=O) groups excluding carboxylic acids is 1. The number of ether oxygens (including phenoxy) is 2. The Morgan fingerprint density at radius 3 is 2.41 bits per heavy atom. The molecular formula is C24H32N4O4. The van der Waals surface area contributed by atoms with Gasteiger partial charge in [-0.1, -0.05) is 6.07 Å². The van der Waals surface area contributed by atoms with Gasteiger partial charge in [-0.25, -0.2) is 0 Å². The molecule has 5 rings (SSSR count). The zero-order valence-corrected chi connectivity index (χ0v) is 18.6. The SMILES string of the molecule is O=C(NCCN1CCCC1)c1ccc(CN2CCN(Cc3ccc4c(c3)OCO4)CC2)o1. The van der Waals surface area contributed by atoms with E-state index in [0.29, 0.717) is 19.1 Å². The smallest absolute Gasteiger partial charge is 0.287 e. The lowest BCUT2D eigenvalue weighted by Gasteiger charge is -2.34. The summed E-state index contributed by atoms with van der Waals surface area (Å²) in [5.41, 5.74) is 1.24. The molecule has 1 N–H and O–H groups in total. The van der Waals surface area contributed by atoms with Crippen molar-refractivity contribution < 1.29 is 18.7 Å². The molecule has 2 aromatic rings. The average Bonchev–Trinajstić information content (AvgIpc) is 3.57. The van der Waals surface area contributed by atoms with E-state index < -0.39 is 0 Å². The fourth-order valence-electron chi connectivity index (χ4n) is 4.63. The number of benzene rings is 1. The number of carbonyl (C=O) groups is 1. The molecule has 8 heteroatoms. The second-order valence-electron chi connectivity index (χ2n) is 8.81. The van der Waals surface area contributed by atoms with Gasteiger partial charge in [-0.3, -0.25) is 14.6 Å². The Hall–Kier alpha value is -2.55. The van der Waals surface area contributed by atoms with Crippen molar-refractivity contribution in [3.63, 3.8) is 0 Å². The third kappa shape index (κ3) is 5.26. The molecule has 0 aliphatic carbocycles. The Kier molecular flexibility index (Phi) is 6.61. The van der Waals surface area contributed by atoms with Crippen molar-refractivity contribution in [1.29, 1.82) is 0 Å². The van der Waals surface area contributed by atoms with Crippen molar-refractivity contribution in [2.45, 2.75) is 25.9 Å². The fourth-order valence-corrected chi connectivity index (χ4v) is 4.63. The van der Waals surface area contributed by atoms with Crippen molar-refractivity contribution in [1.82, 2.24) is 20.0 Å². The number of rotatable bonds is 8. The molecule has 32 heavy (non-hydrogen) atoms. The maximum absolute atomic E-state index is 12.4. The standard InChI is InChI=1S/C24H32N4O4/c29-24(25-7-10-26-8-1-2-9-26)22-6-4-20(32-22)17-28-13-11-27(12-14-28)16-19-3-5-21-23(15-19)31-18-30-21/h3-6,15H,1-2,7-14,16-18H2,(H,25,29). The number of nitrogens with zero attached hydrogens (tertiary/aromatic N) is 3. The Balaban J connectivity index is 1.04. The molecule has 0 spiro atoms. The number of amides is 1. The molecule has 1 aromatic carbocycles. The summed E-state index contributed by atoms with van der Waals surface area (Å²) < 4.78 is 16.7. The molecule has 172 valence electrons. The monoisotopic (exact) mass is 440 g/mol. The molecule has 1 aromatic heterocycles. The predicted molar refractivity (Wildman–Crippen MR) is 120 cm³/mol. The minimum atomic E-state index is -0.121. The van der Waals surface area contributed by atoms with Gasteiger partial charge in [0.15, 0.2) is 17.3 Å². The number of hydrogen-bond donors (Lipinski definition) is 1. The van der Waals surface area contributed by atoms with E-state index >= 15 is 0 Å². The van der Waals surface area contributed by atoms with Gasteiger partial charge in [-0.15, -0.1) is 0 Å². The normalized spacial score (nSPS) is 19.5. The molecule has 3 aliphatic rings. The lowest BCUT2D eigenvalue weighted by Crippen LogP contribution is -2.45. The van der Waals surface area contributed by atoms with Gasteiger partial charge in [-0.05, 0) is 55.8 Å². The van der Waals surface area contributed by atoms with Crippen molar-refractivity contribution in [3.8, 4) is 11.5 Å². The van der Waals surface area contributed by atoms with Crippen LogP contribution in [0.2, 0.25) is 0 Å². The summed E-state index contributed by atoms with van der Waals surface area (Å²) in [6.45, 7) is 9.77. The molecule has 2 fully saturated rings. The highest BCUT2D eigenvalue weighted by molar-refractivity contribution is 5.91. The first kappa shape index (κ1) is 21.3. The van der Waals surface area contributed by atoms with E-state index in [4.69, 9.17) is 13.9 Å². The summed E-state index contributed by atoms with van der Waals surface area (Å²) in [6, 6.07) is 9.89. The summed E-state index contributed by atoms with van der Waals surface area (Å²) in [5, 5.41) is 2.98. The van der Waals surface area contributed by atoms with Crippen LogP contribution >= 0.6 is 0 Å². The number of nitrogens with one attached hydrogen (secondary N) is 1. The Bertz CT molecular complexity index is 916. The van der Waals surface area contributed by atoms with Crippen molar-refractivity contribution in [2.75, 3.05) is 59.2 Å². The lowest BCUT2D eigenvalue weighted by molar-refractivity contribution is 0.0911. The van der Waals surface area contributed by atoms with Gasteiger partial charge in [0.1, 0.15) is 5.76 Å². The van der Waals surface area contributed by atoms with Gasteiger partial charge in [0, 0.05) is 45.8 Å². The van der Waals surface area contributed by atoms with Crippen LogP contribution in [0.15, 0.2) is 34.7 Å². The molecule has 1 amide bonds. The van der Waals surface area contributed by atoms with Crippen LogP contribution in [-0.4, -0.2) is 79.8 Å². The van der Waals surface area contributed by atoms with Crippen LogP contribution in [0.1, 0.15) is 34.7 Å². The summed E-state index contributed by atoms with van der Waals surface area (Å²) in [5.74, 6) is 2.80. The molecule has 0 atom stereocenters. The Labute approximate surface area is 189 Å². The summed E-state index contributed by atoms with van der Waals surface area (Å²) in [7, 11) is 0. The van der Waals surface area contributed by atoms with Gasteiger partial charge in [-0.2, -0.15) is 0 Å². The zero-order chi connectivity index (χ0) is 21.8. The highest BCUT2D eigenvalue weighted by atomic mass is 16.7. The van der Waals surface area contributed by atoms with Crippen LogP contribution in [0.3, 0.4) is 0 Å². The predicted octanol–water partition coefficient (Wildman–Crippen LogP) is 2.15. The van der Waals surface area contributed by atoms with Crippen LogP contribution < -0.4 is 14.8 Å². The molecule has 2 saturated heterocycles. The van der Waals surface area contributed by atoms with Crippen LogP contribution in [-0.2, 0) is 13.1 Å². The highest BCUT2D eigenvalue weighted by Gasteiger charge is 2.21. The molecule has 3 aliphatic heterocycles. The van der Waals surface area contributed by atoms with E-state index in [2.05, 4.69) is 32.1 Å². The van der Waals surface area contributed by atoms with Crippen LogP contribution in [0.4, 0.5) is 0 Å². The Morgan fingerprint density at radius 1 is 0.844 bits per heavy atom. The molecule has 4 heterocycles. The molecule has 0 bridgehead atoms. The van der Waals surface area contributed by atoms with Crippen molar-refractivity contribution in [3.05, 3.63) is 47.4 Å². The minimum absolute atomic E-state index is 0.121. The van der Waals surface area contributed by atoms with E-state index in [-0.39, 0.29) is 5.91 Å². The second-order valence-corrected chi connectivity index (χ2v) is 8.81. The van der Waals surface area contributed by atoms with E-state index in [1.54, 1.807) is 6.07 Å². The largest absolute Gasteiger partial charge is 0.455 e. The van der Waals surface area contributed by atoms with Crippen molar-refractivity contribution in [2.24, 2.45) is 0 Å². The Morgan fingerprint density at radius 2 is 1.59 bits per heavy atom. The van der Waals surface area contributed by atoms with Crippen LogP contribution in [0, 0.1) is 0 Å². The molecule has 0 unspecified atom stereocenters. The summed E-state index contributed by atoms with van der Waals surface area (Å²) >= 11 is 0. The van der Waals surface area contributed by atoms with Gasteiger partial charge in [0.05, 0.1) is 6.54 Å². The third-order valence-electron chi connectivity index (χ3n) is 6.49. The molecular weight excluding hydrogens is 408 g/mol. The van der Waals surface area contributed by atoms with Crippen LogP contribution in [0.5, 0.6) is 11.5 Å². The van der Waals surface area contributed by atoms with E-state index in [0.717, 1.165) is 76.2 Å². The van der Waals surface area contributed by atoms with E-state index in [1.165, 1.54) is 18.4 Å². The van der Waals surface area contributed by atoms with Gasteiger partial charge in [0.2, 0.25) is 6.79 Å². The number of fused-ring (bicyclic) bond motifs is 1. The van der Waals surface area contributed by atoms with E-state index in [1.807, 2.05) is 12.1 Å². The maximum atomic E-state index is 12.4. The average molecular weight is 441 g/mol. The molecule has 8 nitrogen and oxygen atoms in total. The molecule has 0 saturated carbocycles. The topological polar surface area (TPSA) is 70.4 Å². The molecule has 0 radical (unpaired) electrons. The van der Waals surface area contributed by atoms with Gasteiger partial charge in [0.25, 0.3) is 5.91 Å². The van der Waals surface area contributed by atoms with E-state index in [9.17, 15) is 4.79 Å². The van der Waals surface area contributed by atoms with Gasteiger partial charge >= 0.3 is 0 Å². The number of likely N-dealkylation sites (tertiary alicyclic amines) is 1. The summed E-state index contributed by atoms with van der Waals surface area (Å²) in [6.07, 6.45) is 2.53. The van der Waals surface area contributed by atoms with Gasteiger partial charge < -0.3 is 24.1 Å². The fraction of sp³-hybridized carbons (Fsp3) is 0.542. The zero-order valence-electron chi connectivity index (χ0n) is 18.6. The first-order chi connectivity index (χ1) is 15.7. The minimum Gasteiger partial charge on any atom is -0.455 e. The number of hydrogen-bond acceptors (Lipinski definition) is 7. The first-order valence-corrected chi connectivity index (χ1v) is 11.7. The highest BCUT2D eigenvalue weighted by Crippen LogP contribution is 2.32. The first-order valence-electron chi connectivity index (χ1n) is 11.7. The quantitative estimate of drug-likeness (QED) is 0.675. The second kappa shape index (κ2) is 9.94. The number of furan rings is 1. The number of piperazine rings is 1. The summed E-state index contributed by atoms with van der Waals surface area (Å²) in [4.78, 5) is 19.6. The maximum Gasteiger partial charge on any atom is 0.287 e. The lowest BCUT2D eigenvalue weighted by atomic mass is 10.1. The van der Waals surface area contributed by atoms with Crippen molar-refractivity contribution >= 4 is 5.91 Å². The van der Waals surface area contributed by atoms with Crippen LogP contribution in [0.25, 0.3) is 0 Å².